The first-order valence-electron chi connectivity index (χ1n) is 10.4. The van der Waals surface area contributed by atoms with Crippen LogP contribution in [0.4, 0.5) is 13.6 Å². The highest BCUT2D eigenvalue weighted by Crippen LogP contribution is 2.40. The summed E-state index contributed by atoms with van der Waals surface area (Å²) < 4.78 is 52.8. The Labute approximate surface area is 190 Å². The molecule has 2 atom stereocenters. The topological polar surface area (TPSA) is 55.8 Å². The lowest BCUT2D eigenvalue weighted by Crippen LogP contribution is -2.60. The van der Waals surface area contributed by atoms with Crippen molar-refractivity contribution in [3.8, 4) is 0 Å². The summed E-state index contributed by atoms with van der Waals surface area (Å²) >= 11 is 0. The van der Waals surface area contributed by atoms with Crippen LogP contribution in [-0.2, 0) is 26.7 Å². The number of hydrogen-bond acceptors (Lipinski definition) is 4. The number of amides is 1. The molecule has 0 aromatic heterocycles. The van der Waals surface area contributed by atoms with E-state index in [2.05, 4.69) is 0 Å². The smallest absolute Gasteiger partial charge is 0.413 e. The number of benzene rings is 2. The molecule has 5 nitrogen and oxygen atoms in total. The van der Waals surface area contributed by atoms with Crippen molar-refractivity contribution in [1.29, 1.82) is 0 Å². The van der Waals surface area contributed by atoms with Crippen LogP contribution in [0.5, 0.6) is 0 Å². The first-order chi connectivity index (χ1) is 14.8. The average molecular weight is 466 g/mol. The van der Waals surface area contributed by atoms with E-state index in [9.17, 15) is 17.8 Å². The van der Waals surface area contributed by atoms with Crippen LogP contribution < -0.4 is 0 Å². The molecular weight excluding hydrogens is 436 g/mol. The van der Waals surface area contributed by atoms with Crippen molar-refractivity contribution in [2.45, 2.75) is 62.8 Å². The minimum atomic E-state index is -1.51. The van der Waals surface area contributed by atoms with Crippen LogP contribution in [0.3, 0.4) is 0 Å². The molecule has 0 radical (unpaired) electrons. The summed E-state index contributed by atoms with van der Waals surface area (Å²) in [7, 11) is -1.51. The van der Waals surface area contributed by atoms with Gasteiger partial charge in [-0.1, -0.05) is 18.2 Å². The standard InChI is InChI=1S/C24H29F2NO4S/c1-22(2,3)31-21(28)27-23(4,5)30-15-24(27,14-17-11-18(25)13-19(26)12-17)16-32(29)20-9-7-6-8-10-20/h6-13H,14-16H2,1-5H3. The molecule has 1 amide bonds. The minimum absolute atomic E-state index is 0.0117. The predicted octanol–water partition coefficient (Wildman–Crippen LogP) is 5.06. The van der Waals surface area contributed by atoms with E-state index in [1.54, 1.807) is 58.9 Å². The van der Waals surface area contributed by atoms with Gasteiger partial charge in [-0.2, -0.15) is 0 Å². The molecule has 1 saturated heterocycles. The third-order valence-electron chi connectivity index (χ3n) is 5.14. The van der Waals surface area contributed by atoms with Gasteiger partial charge in [-0.15, -0.1) is 0 Å². The lowest BCUT2D eigenvalue weighted by molar-refractivity contribution is -0.0676. The normalized spacial score (nSPS) is 21.4. The molecule has 1 fully saturated rings. The Kier molecular flexibility index (Phi) is 6.77. The molecule has 174 valence electrons. The minimum Gasteiger partial charge on any atom is -0.444 e. The largest absolute Gasteiger partial charge is 0.444 e. The molecule has 0 N–H and O–H groups in total. The second-order valence-electron chi connectivity index (χ2n) is 9.53. The van der Waals surface area contributed by atoms with Crippen LogP contribution in [0.1, 0.15) is 40.2 Å². The number of nitrogens with zero attached hydrogens (tertiary/aromatic N) is 1. The number of halogens is 2. The van der Waals surface area contributed by atoms with Gasteiger partial charge in [-0.25, -0.2) is 13.6 Å². The highest BCUT2D eigenvalue weighted by atomic mass is 32.2. The maximum absolute atomic E-state index is 13.9. The number of carbonyl (C=O) groups is 1. The average Bonchev–Trinajstić information content (AvgIpc) is 2.90. The molecule has 1 aliphatic heterocycles. The van der Waals surface area contributed by atoms with E-state index in [0.717, 1.165) is 6.07 Å². The number of rotatable bonds is 5. The molecule has 1 heterocycles. The first kappa shape index (κ1) is 24.3. The van der Waals surface area contributed by atoms with E-state index < -0.39 is 45.4 Å². The second kappa shape index (κ2) is 8.90. The molecule has 0 saturated carbocycles. The van der Waals surface area contributed by atoms with Gasteiger partial charge in [0.2, 0.25) is 0 Å². The van der Waals surface area contributed by atoms with E-state index in [1.165, 1.54) is 17.0 Å². The lowest BCUT2D eigenvalue weighted by Gasteiger charge is -2.42. The van der Waals surface area contributed by atoms with Crippen LogP contribution >= 0.6 is 0 Å². The number of hydrogen-bond donors (Lipinski definition) is 0. The summed E-state index contributed by atoms with van der Waals surface area (Å²) in [5.74, 6) is -1.43. The molecule has 0 spiro atoms. The third kappa shape index (κ3) is 5.53. The Balaban J connectivity index is 2.07. The van der Waals surface area contributed by atoms with Gasteiger partial charge in [0.25, 0.3) is 0 Å². The Hall–Kier alpha value is -2.32. The second-order valence-corrected chi connectivity index (χ2v) is 11.0. The molecule has 3 rings (SSSR count). The van der Waals surface area contributed by atoms with Gasteiger partial charge in [-0.3, -0.25) is 9.11 Å². The molecule has 2 aromatic rings. The fraction of sp³-hybridized carbons (Fsp3) is 0.458. The van der Waals surface area contributed by atoms with Crippen molar-refractivity contribution in [1.82, 2.24) is 4.90 Å². The van der Waals surface area contributed by atoms with Crippen LogP contribution in [0, 0.1) is 11.6 Å². The summed E-state index contributed by atoms with van der Waals surface area (Å²) in [4.78, 5) is 15.3. The van der Waals surface area contributed by atoms with Gasteiger partial charge in [0.05, 0.1) is 28.7 Å². The van der Waals surface area contributed by atoms with Crippen molar-refractivity contribution in [2.75, 3.05) is 12.4 Å². The molecule has 0 bridgehead atoms. The Morgan fingerprint density at radius 2 is 1.72 bits per heavy atom. The highest BCUT2D eigenvalue weighted by molar-refractivity contribution is 7.85. The zero-order valence-electron chi connectivity index (χ0n) is 19.0. The maximum Gasteiger partial charge on any atom is 0.413 e. The summed E-state index contributed by atoms with van der Waals surface area (Å²) in [5.41, 5.74) is -2.66. The Morgan fingerprint density at radius 3 is 2.28 bits per heavy atom. The molecule has 0 aliphatic carbocycles. The SMILES string of the molecule is CC(C)(C)OC(=O)N1C(Cc2cc(F)cc(F)c2)(CS(=O)c2ccccc2)COC1(C)C. The van der Waals surface area contributed by atoms with E-state index in [0.29, 0.717) is 10.5 Å². The van der Waals surface area contributed by atoms with Crippen molar-refractivity contribution in [2.24, 2.45) is 0 Å². The van der Waals surface area contributed by atoms with Gasteiger partial charge in [0.1, 0.15) is 23.0 Å². The molecule has 2 unspecified atom stereocenters. The Morgan fingerprint density at radius 1 is 1.12 bits per heavy atom. The number of ether oxygens (including phenoxy) is 2. The van der Waals surface area contributed by atoms with E-state index in [1.807, 2.05) is 6.07 Å². The Bertz CT molecular complexity index is 987. The molecular formula is C24H29F2NO4S. The summed E-state index contributed by atoms with van der Waals surface area (Å²) in [6.07, 6.45) is -0.593. The fourth-order valence-corrected chi connectivity index (χ4v) is 5.44. The van der Waals surface area contributed by atoms with E-state index >= 15 is 0 Å². The van der Waals surface area contributed by atoms with Crippen molar-refractivity contribution in [3.05, 3.63) is 65.7 Å². The molecule has 2 aromatic carbocycles. The van der Waals surface area contributed by atoms with Gasteiger partial charge < -0.3 is 9.47 Å². The summed E-state index contributed by atoms with van der Waals surface area (Å²) in [6, 6.07) is 12.1. The molecule has 8 heteroatoms. The lowest BCUT2D eigenvalue weighted by atomic mass is 9.91. The summed E-state index contributed by atoms with van der Waals surface area (Å²) in [6.45, 7) is 8.73. The molecule has 1 aliphatic rings. The van der Waals surface area contributed by atoms with Gasteiger partial charge in [0.15, 0.2) is 0 Å². The maximum atomic E-state index is 13.9. The third-order valence-corrected chi connectivity index (χ3v) is 6.74. The monoisotopic (exact) mass is 465 g/mol. The fourth-order valence-electron chi connectivity index (χ4n) is 4.01. The van der Waals surface area contributed by atoms with E-state index in [-0.39, 0.29) is 18.8 Å². The van der Waals surface area contributed by atoms with E-state index in [4.69, 9.17) is 9.47 Å². The molecule has 32 heavy (non-hydrogen) atoms. The zero-order chi connectivity index (χ0) is 23.7. The summed E-state index contributed by atoms with van der Waals surface area (Å²) in [5, 5.41) is 0. The van der Waals surface area contributed by atoms with Gasteiger partial charge >= 0.3 is 6.09 Å². The van der Waals surface area contributed by atoms with Crippen molar-refractivity contribution < 1.29 is 27.3 Å². The van der Waals surface area contributed by atoms with Gasteiger partial charge in [0, 0.05) is 11.0 Å². The van der Waals surface area contributed by atoms with Crippen LogP contribution in [0.2, 0.25) is 0 Å². The van der Waals surface area contributed by atoms with Crippen LogP contribution in [0.15, 0.2) is 53.4 Å². The van der Waals surface area contributed by atoms with Crippen LogP contribution in [-0.4, -0.2) is 44.4 Å². The quantitative estimate of drug-likeness (QED) is 0.620. The first-order valence-corrected chi connectivity index (χ1v) is 11.7. The predicted molar refractivity (Wildman–Crippen MR) is 119 cm³/mol. The van der Waals surface area contributed by atoms with Crippen molar-refractivity contribution >= 4 is 16.9 Å². The number of carbonyl (C=O) groups excluding carboxylic acids is 1. The van der Waals surface area contributed by atoms with Gasteiger partial charge in [-0.05, 0) is 70.9 Å². The van der Waals surface area contributed by atoms with Crippen LogP contribution in [0.25, 0.3) is 0 Å². The van der Waals surface area contributed by atoms with Crippen molar-refractivity contribution in [3.63, 3.8) is 0 Å². The zero-order valence-corrected chi connectivity index (χ0v) is 19.8. The highest BCUT2D eigenvalue weighted by Gasteiger charge is 2.56.